The molecule has 2 aliphatic rings. The van der Waals surface area contributed by atoms with Crippen molar-refractivity contribution < 1.29 is 4.74 Å². The Balaban J connectivity index is 0.00000124. The Labute approximate surface area is 186 Å². The SMILES string of the molecule is CC1(C)OCCC12CCN(c1cnc(Sc3ccnc(N)c3Cl)c(N)n1)CC2.CN. The lowest BCUT2D eigenvalue weighted by Crippen LogP contribution is -2.48. The summed E-state index contributed by atoms with van der Waals surface area (Å²) in [6.07, 6.45) is 6.70. The van der Waals surface area contributed by atoms with E-state index in [0.717, 1.165) is 49.7 Å². The molecule has 0 radical (unpaired) electrons. The highest BCUT2D eigenvalue weighted by Gasteiger charge is 2.51. The first-order valence-corrected chi connectivity index (χ1v) is 11.2. The Morgan fingerprint density at radius 1 is 1.10 bits per heavy atom. The van der Waals surface area contributed by atoms with Crippen molar-refractivity contribution in [2.24, 2.45) is 11.1 Å². The van der Waals surface area contributed by atoms with Crippen molar-refractivity contribution in [1.82, 2.24) is 15.0 Å². The first-order valence-electron chi connectivity index (χ1n) is 9.98. The Morgan fingerprint density at radius 3 is 2.40 bits per heavy atom. The van der Waals surface area contributed by atoms with E-state index in [1.165, 1.54) is 18.8 Å². The molecule has 0 bridgehead atoms. The van der Waals surface area contributed by atoms with Gasteiger partial charge < -0.3 is 26.8 Å². The van der Waals surface area contributed by atoms with Crippen LogP contribution in [0.3, 0.4) is 0 Å². The molecule has 0 aliphatic carbocycles. The molecular weight excluding hydrogens is 422 g/mol. The molecule has 2 saturated heterocycles. The van der Waals surface area contributed by atoms with Crippen LogP contribution in [0.2, 0.25) is 5.02 Å². The summed E-state index contributed by atoms with van der Waals surface area (Å²) in [5.74, 6) is 1.49. The molecule has 2 aromatic rings. The van der Waals surface area contributed by atoms with Crippen molar-refractivity contribution in [3.63, 3.8) is 0 Å². The predicted octanol–water partition coefficient (Wildman–Crippen LogP) is 3.20. The fourth-order valence-corrected chi connectivity index (χ4v) is 5.22. The number of hydrogen-bond donors (Lipinski definition) is 3. The molecule has 0 amide bonds. The minimum Gasteiger partial charge on any atom is -0.382 e. The maximum absolute atomic E-state index is 6.22. The van der Waals surface area contributed by atoms with E-state index in [-0.39, 0.29) is 16.8 Å². The standard InChI is InChI=1S/C19H25ClN6OS.CH5N/c1-18(2)19(6-10-27-18)4-8-26(9-5-19)13-11-24-17(16(22)25-13)28-12-3-7-23-15(21)14(12)20;1-2/h3,7,11H,4-6,8-10H2,1-2H3,(H2,21,23)(H2,22,25);2H2,1H3. The summed E-state index contributed by atoms with van der Waals surface area (Å²) in [4.78, 5) is 16.1. The van der Waals surface area contributed by atoms with Crippen molar-refractivity contribution in [2.45, 2.75) is 48.6 Å². The second kappa shape index (κ2) is 9.13. The van der Waals surface area contributed by atoms with Crippen LogP contribution >= 0.6 is 23.4 Å². The molecule has 0 aromatic carbocycles. The van der Waals surface area contributed by atoms with Gasteiger partial charge in [0.1, 0.15) is 16.7 Å². The molecule has 164 valence electrons. The molecule has 6 N–H and O–H groups in total. The number of piperidine rings is 1. The summed E-state index contributed by atoms with van der Waals surface area (Å²) in [6.45, 7) is 7.15. The molecule has 2 aromatic heterocycles. The lowest BCUT2D eigenvalue weighted by atomic mass is 9.67. The lowest BCUT2D eigenvalue weighted by Gasteiger charge is -2.46. The highest BCUT2D eigenvalue weighted by molar-refractivity contribution is 7.99. The average Bonchev–Trinajstić information content (AvgIpc) is 3.02. The zero-order valence-electron chi connectivity index (χ0n) is 17.7. The average molecular weight is 452 g/mol. The van der Waals surface area contributed by atoms with E-state index in [0.29, 0.717) is 15.9 Å². The number of pyridine rings is 1. The molecule has 10 heteroatoms. The van der Waals surface area contributed by atoms with Crippen molar-refractivity contribution in [1.29, 1.82) is 0 Å². The normalized spacial score (nSPS) is 19.4. The molecule has 4 heterocycles. The minimum absolute atomic E-state index is 0.0596. The van der Waals surface area contributed by atoms with Gasteiger partial charge in [-0.05, 0) is 46.2 Å². The van der Waals surface area contributed by atoms with Crippen LogP contribution in [0.1, 0.15) is 33.1 Å². The van der Waals surface area contributed by atoms with Gasteiger partial charge >= 0.3 is 0 Å². The molecule has 2 aliphatic heterocycles. The van der Waals surface area contributed by atoms with Gasteiger partial charge in [-0.1, -0.05) is 23.4 Å². The molecule has 30 heavy (non-hydrogen) atoms. The number of anilines is 3. The van der Waals surface area contributed by atoms with Gasteiger partial charge in [-0.3, -0.25) is 0 Å². The number of ether oxygens (including phenoxy) is 1. The highest BCUT2D eigenvalue weighted by Crippen LogP contribution is 2.51. The second-order valence-electron chi connectivity index (χ2n) is 7.91. The summed E-state index contributed by atoms with van der Waals surface area (Å²) in [7, 11) is 1.50. The van der Waals surface area contributed by atoms with Crippen LogP contribution in [-0.4, -0.2) is 47.3 Å². The van der Waals surface area contributed by atoms with Crippen molar-refractivity contribution in [3.05, 3.63) is 23.5 Å². The minimum atomic E-state index is -0.0596. The molecular formula is C20H30ClN7OS. The van der Waals surface area contributed by atoms with Gasteiger partial charge in [0.25, 0.3) is 0 Å². The number of hydrogen-bond acceptors (Lipinski definition) is 9. The van der Waals surface area contributed by atoms with Crippen LogP contribution in [-0.2, 0) is 4.74 Å². The third-order valence-electron chi connectivity index (χ3n) is 6.20. The monoisotopic (exact) mass is 451 g/mol. The second-order valence-corrected chi connectivity index (χ2v) is 9.31. The molecule has 0 unspecified atom stereocenters. The van der Waals surface area contributed by atoms with E-state index >= 15 is 0 Å². The number of rotatable bonds is 3. The largest absolute Gasteiger partial charge is 0.382 e. The van der Waals surface area contributed by atoms with Gasteiger partial charge in [-0.2, -0.15) is 0 Å². The van der Waals surface area contributed by atoms with Gasteiger partial charge in [0, 0.05) is 36.2 Å². The molecule has 1 spiro atoms. The third kappa shape index (κ3) is 4.30. The number of aromatic nitrogens is 3. The number of nitrogens with two attached hydrogens (primary N) is 3. The van der Waals surface area contributed by atoms with E-state index in [2.05, 4.69) is 39.4 Å². The molecule has 0 atom stereocenters. The van der Waals surface area contributed by atoms with Crippen molar-refractivity contribution >= 4 is 40.8 Å². The Hall–Kier alpha value is -1.81. The van der Waals surface area contributed by atoms with E-state index in [1.54, 1.807) is 18.5 Å². The number of nitrogens with zero attached hydrogens (tertiary/aromatic N) is 4. The van der Waals surface area contributed by atoms with E-state index in [4.69, 9.17) is 27.8 Å². The Bertz CT molecular complexity index is 887. The van der Waals surface area contributed by atoms with Gasteiger partial charge in [0.2, 0.25) is 0 Å². The van der Waals surface area contributed by atoms with Crippen molar-refractivity contribution in [2.75, 3.05) is 43.1 Å². The number of nitrogen functional groups attached to an aromatic ring is 2. The smallest absolute Gasteiger partial charge is 0.158 e. The van der Waals surface area contributed by atoms with Crippen LogP contribution in [0.15, 0.2) is 28.4 Å². The van der Waals surface area contributed by atoms with Gasteiger partial charge in [0.05, 0.1) is 16.8 Å². The predicted molar refractivity (Wildman–Crippen MR) is 123 cm³/mol. The summed E-state index contributed by atoms with van der Waals surface area (Å²) >= 11 is 7.55. The first kappa shape index (κ1) is 22.9. The number of halogens is 1. The summed E-state index contributed by atoms with van der Waals surface area (Å²) in [6, 6.07) is 1.79. The fourth-order valence-electron chi connectivity index (χ4n) is 4.21. The van der Waals surface area contributed by atoms with Crippen LogP contribution in [0.5, 0.6) is 0 Å². The molecule has 8 nitrogen and oxygen atoms in total. The summed E-state index contributed by atoms with van der Waals surface area (Å²) in [5.41, 5.74) is 16.7. The van der Waals surface area contributed by atoms with Crippen LogP contribution in [0.25, 0.3) is 0 Å². The molecule has 4 rings (SSSR count). The zero-order chi connectivity index (χ0) is 21.9. The Morgan fingerprint density at radius 2 is 1.80 bits per heavy atom. The van der Waals surface area contributed by atoms with E-state index in [9.17, 15) is 0 Å². The van der Waals surface area contributed by atoms with Gasteiger partial charge in [0.15, 0.2) is 5.82 Å². The van der Waals surface area contributed by atoms with Gasteiger partial charge in [-0.25, -0.2) is 15.0 Å². The van der Waals surface area contributed by atoms with Gasteiger partial charge in [-0.15, -0.1) is 0 Å². The lowest BCUT2D eigenvalue weighted by molar-refractivity contribution is -0.0433. The van der Waals surface area contributed by atoms with Crippen LogP contribution in [0, 0.1) is 5.41 Å². The maximum Gasteiger partial charge on any atom is 0.158 e. The van der Waals surface area contributed by atoms with E-state index in [1.807, 2.05) is 0 Å². The quantitative estimate of drug-likeness (QED) is 0.643. The first-order chi connectivity index (χ1) is 14.3. The molecule has 2 fully saturated rings. The third-order valence-corrected chi connectivity index (χ3v) is 7.78. The fraction of sp³-hybridized carbons (Fsp3) is 0.550. The topological polar surface area (TPSA) is 129 Å². The zero-order valence-corrected chi connectivity index (χ0v) is 19.3. The summed E-state index contributed by atoms with van der Waals surface area (Å²) < 4.78 is 5.99. The van der Waals surface area contributed by atoms with Crippen molar-refractivity contribution in [3.8, 4) is 0 Å². The summed E-state index contributed by atoms with van der Waals surface area (Å²) in [5, 5.41) is 1.01. The van der Waals surface area contributed by atoms with Crippen LogP contribution < -0.4 is 22.1 Å². The Kier molecular flexibility index (Phi) is 6.96. The van der Waals surface area contributed by atoms with Crippen LogP contribution in [0.4, 0.5) is 17.5 Å². The highest BCUT2D eigenvalue weighted by atomic mass is 35.5. The molecule has 0 saturated carbocycles. The maximum atomic E-state index is 6.22. The van der Waals surface area contributed by atoms with E-state index < -0.39 is 0 Å².